The van der Waals surface area contributed by atoms with Crippen LogP contribution in [0.3, 0.4) is 0 Å². The van der Waals surface area contributed by atoms with Crippen molar-refractivity contribution in [2.45, 2.75) is 6.92 Å². The smallest absolute Gasteiger partial charge is 0.329 e. The minimum Gasteiger partial charge on any atom is -0.450 e. The Hall–Kier alpha value is -4.84. The number of nitrogens with zero attached hydrogens (tertiary/aromatic N) is 3. The molecule has 3 rings (SSSR count). The van der Waals surface area contributed by atoms with Crippen molar-refractivity contribution in [3.05, 3.63) is 97.0 Å². The average Bonchev–Trinajstić information content (AvgIpc) is 2.83. The number of hydrazone groups is 1. The van der Waals surface area contributed by atoms with E-state index in [2.05, 4.69) is 15.8 Å². The van der Waals surface area contributed by atoms with Gasteiger partial charge < -0.3 is 10.1 Å². The van der Waals surface area contributed by atoms with E-state index in [9.17, 15) is 29.8 Å². The number of anilines is 1. The predicted octanol–water partition coefficient (Wildman–Crippen LogP) is 4.35. The number of rotatable bonds is 7. The molecule has 3 aromatic carbocycles. The second-order valence-electron chi connectivity index (χ2n) is 6.90. The minimum atomic E-state index is -0.994. The number of nitro benzene ring substituents is 2. The summed E-state index contributed by atoms with van der Waals surface area (Å²) < 4.78 is 5.47. The van der Waals surface area contributed by atoms with Crippen LogP contribution >= 0.6 is 11.6 Å². The van der Waals surface area contributed by atoms with Gasteiger partial charge in [-0.1, -0.05) is 17.7 Å². The average molecular weight is 498 g/mol. The Morgan fingerprint density at radius 2 is 1.71 bits per heavy atom. The number of nitrogens with one attached hydrogen (secondary N) is 2. The maximum Gasteiger partial charge on any atom is 0.329 e. The fourth-order valence-corrected chi connectivity index (χ4v) is 2.91. The topological polar surface area (TPSA) is 166 Å². The first kappa shape index (κ1) is 24.8. The van der Waals surface area contributed by atoms with Gasteiger partial charge in [0.1, 0.15) is 5.75 Å². The molecule has 0 aliphatic carbocycles. The molecule has 3 aromatic rings. The molecule has 13 heteroatoms. The molecule has 0 bridgehead atoms. The molecule has 0 heterocycles. The molecule has 0 saturated carbocycles. The van der Waals surface area contributed by atoms with E-state index >= 15 is 0 Å². The zero-order valence-corrected chi connectivity index (χ0v) is 18.7. The molecule has 178 valence electrons. The van der Waals surface area contributed by atoms with E-state index in [-0.39, 0.29) is 11.5 Å². The lowest BCUT2D eigenvalue weighted by molar-refractivity contribution is -0.394. The lowest BCUT2D eigenvalue weighted by Gasteiger charge is -2.08. The van der Waals surface area contributed by atoms with Crippen LogP contribution in [0.15, 0.2) is 65.8 Å². The minimum absolute atomic E-state index is 0.171. The summed E-state index contributed by atoms with van der Waals surface area (Å²) in [5.74, 6) is -1.87. The van der Waals surface area contributed by atoms with Crippen molar-refractivity contribution in [2.75, 3.05) is 5.32 Å². The van der Waals surface area contributed by atoms with Crippen LogP contribution in [0.2, 0.25) is 5.02 Å². The summed E-state index contributed by atoms with van der Waals surface area (Å²) in [4.78, 5) is 44.5. The number of amides is 2. The van der Waals surface area contributed by atoms with E-state index in [0.717, 1.165) is 18.2 Å². The third kappa shape index (κ3) is 6.36. The van der Waals surface area contributed by atoms with Crippen LogP contribution in [-0.2, 0) is 9.59 Å². The molecule has 0 unspecified atom stereocenters. The third-order valence-corrected chi connectivity index (χ3v) is 4.97. The molecule has 0 aliphatic rings. The summed E-state index contributed by atoms with van der Waals surface area (Å²) in [5, 5.41) is 28.6. The second-order valence-corrected chi connectivity index (χ2v) is 7.31. The number of non-ortho nitro benzene ring substituents is 1. The Bertz CT molecular complexity index is 1340. The number of carbonyl (C=O) groups excluding carboxylic acids is 2. The van der Waals surface area contributed by atoms with Crippen molar-refractivity contribution in [3.8, 4) is 11.5 Å². The first-order chi connectivity index (χ1) is 16.7. The highest BCUT2D eigenvalue weighted by Crippen LogP contribution is 2.34. The monoisotopic (exact) mass is 497 g/mol. The van der Waals surface area contributed by atoms with Gasteiger partial charge in [-0.3, -0.25) is 29.8 Å². The van der Waals surface area contributed by atoms with Gasteiger partial charge in [-0.15, -0.1) is 0 Å². The standard InChI is InChI=1S/C22H16ClN5O7/c1-13-17(23)3-2-4-18(13)25-21(29)22(30)26-24-12-14-5-8-16(9-6-14)35-20-10-7-15(27(31)32)11-19(20)28(33)34/h2-12H,1H3,(H,25,29)(H,26,30). The molecule has 0 spiro atoms. The van der Waals surface area contributed by atoms with Crippen LogP contribution in [0.1, 0.15) is 11.1 Å². The molecule has 35 heavy (non-hydrogen) atoms. The first-order valence-corrected chi connectivity index (χ1v) is 10.1. The number of benzene rings is 3. The Kier molecular flexibility index (Phi) is 7.69. The first-order valence-electron chi connectivity index (χ1n) is 9.76. The number of ether oxygens (including phenoxy) is 1. The Morgan fingerprint density at radius 3 is 2.37 bits per heavy atom. The van der Waals surface area contributed by atoms with Crippen LogP contribution < -0.4 is 15.5 Å². The van der Waals surface area contributed by atoms with E-state index in [1.54, 1.807) is 25.1 Å². The molecule has 0 saturated heterocycles. The van der Waals surface area contributed by atoms with Crippen molar-refractivity contribution < 1.29 is 24.2 Å². The van der Waals surface area contributed by atoms with Crippen molar-refractivity contribution >= 4 is 46.7 Å². The van der Waals surface area contributed by atoms with Gasteiger partial charge in [-0.25, -0.2) is 5.43 Å². The molecular weight excluding hydrogens is 482 g/mol. The van der Waals surface area contributed by atoms with Gasteiger partial charge in [-0.2, -0.15) is 5.10 Å². The highest BCUT2D eigenvalue weighted by Gasteiger charge is 2.21. The number of carbonyl (C=O) groups is 2. The summed E-state index contributed by atoms with van der Waals surface area (Å²) in [5.41, 5.74) is 2.63. The van der Waals surface area contributed by atoms with E-state index < -0.39 is 33.0 Å². The van der Waals surface area contributed by atoms with Crippen molar-refractivity contribution in [1.82, 2.24) is 5.43 Å². The molecule has 0 aromatic heterocycles. The molecular formula is C22H16ClN5O7. The summed E-state index contributed by atoms with van der Waals surface area (Å²) in [6, 6.07) is 14.0. The van der Waals surface area contributed by atoms with E-state index in [0.29, 0.717) is 21.8 Å². The maximum absolute atomic E-state index is 12.0. The van der Waals surface area contributed by atoms with Crippen molar-refractivity contribution in [1.29, 1.82) is 0 Å². The van der Waals surface area contributed by atoms with E-state index in [1.807, 2.05) is 0 Å². The quantitative estimate of drug-likeness (QED) is 0.212. The number of hydrogen-bond acceptors (Lipinski definition) is 8. The van der Waals surface area contributed by atoms with Gasteiger partial charge in [0.25, 0.3) is 5.69 Å². The fraction of sp³-hybridized carbons (Fsp3) is 0.0455. The molecule has 0 fully saturated rings. The van der Waals surface area contributed by atoms with Crippen LogP contribution in [0.4, 0.5) is 17.1 Å². The van der Waals surface area contributed by atoms with Crippen molar-refractivity contribution in [3.63, 3.8) is 0 Å². The Labute approximate surface area is 202 Å². The fourth-order valence-electron chi connectivity index (χ4n) is 2.74. The van der Waals surface area contributed by atoms with Gasteiger partial charge in [0, 0.05) is 16.8 Å². The second kappa shape index (κ2) is 10.9. The van der Waals surface area contributed by atoms with Gasteiger partial charge in [0.15, 0.2) is 0 Å². The zero-order chi connectivity index (χ0) is 25.5. The van der Waals surface area contributed by atoms with Crippen LogP contribution in [0, 0.1) is 27.2 Å². The van der Waals surface area contributed by atoms with E-state index in [1.165, 1.54) is 30.5 Å². The molecule has 0 radical (unpaired) electrons. The summed E-state index contributed by atoms with van der Waals surface area (Å²) >= 11 is 5.99. The number of hydrogen-bond donors (Lipinski definition) is 2. The van der Waals surface area contributed by atoms with E-state index in [4.69, 9.17) is 16.3 Å². The summed E-state index contributed by atoms with van der Waals surface area (Å²) in [7, 11) is 0. The van der Waals surface area contributed by atoms with Crippen LogP contribution in [0.25, 0.3) is 0 Å². The third-order valence-electron chi connectivity index (χ3n) is 4.56. The molecule has 0 aliphatic heterocycles. The van der Waals surface area contributed by atoms with Gasteiger partial charge in [-0.05, 0) is 60.5 Å². The highest BCUT2D eigenvalue weighted by atomic mass is 35.5. The lowest BCUT2D eigenvalue weighted by Crippen LogP contribution is -2.32. The normalized spacial score (nSPS) is 10.6. The van der Waals surface area contributed by atoms with Crippen molar-refractivity contribution in [2.24, 2.45) is 5.10 Å². The number of nitro groups is 2. The van der Waals surface area contributed by atoms with Gasteiger partial charge in [0.05, 0.1) is 22.1 Å². The highest BCUT2D eigenvalue weighted by molar-refractivity contribution is 6.40. The molecule has 2 N–H and O–H groups in total. The van der Waals surface area contributed by atoms with Crippen LogP contribution in [0.5, 0.6) is 11.5 Å². The zero-order valence-electron chi connectivity index (χ0n) is 17.9. The van der Waals surface area contributed by atoms with Gasteiger partial charge >= 0.3 is 17.5 Å². The predicted molar refractivity (Wildman–Crippen MR) is 127 cm³/mol. The molecule has 12 nitrogen and oxygen atoms in total. The van der Waals surface area contributed by atoms with Crippen LogP contribution in [-0.4, -0.2) is 27.9 Å². The largest absolute Gasteiger partial charge is 0.450 e. The molecule has 2 amide bonds. The Balaban J connectivity index is 1.60. The molecule has 0 atom stereocenters. The number of halogens is 1. The summed E-state index contributed by atoms with van der Waals surface area (Å²) in [6.07, 6.45) is 1.27. The SMILES string of the molecule is Cc1c(Cl)cccc1NC(=O)C(=O)NN=Cc1ccc(Oc2ccc([N+](=O)[O-])cc2[N+](=O)[O-])cc1. The lowest BCUT2D eigenvalue weighted by atomic mass is 10.2. The Morgan fingerprint density at radius 1 is 1.00 bits per heavy atom. The van der Waals surface area contributed by atoms with Gasteiger partial charge in [0.2, 0.25) is 5.75 Å². The summed E-state index contributed by atoms with van der Waals surface area (Å²) in [6.45, 7) is 1.70. The maximum atomic E-state index is 12.0.